The second-order valence-electron chi connectivity index (χ2n) is 6.37. The van der Waals surface area contributed by atoms with Gasteiger partial charge >= 0.3 is 12.0 Å². The van der Waals surface area contributed by atoms with Crippen molar-refractivity contribution in [1.29, 1.82) is 0 Å². The molecule has 0 unspecified atom stereocenters. The molecule has 8 heteroatoms. The first-order valence-electron chi connectivity index (χ1n) is 9.09. The molecule has 1 saturated heterocycles. The van der Waals surface area contributed by atoms with Gasteiger partial charge in [0.05, 0.1) is 5.52 Å². The van der Waals surface area contributed by atoms with E-state index in [0.717, 1.165) is 36.8 Å². The first-order valence-corrected chi connectivity index (χ1v) is 9.09. The third kappa shape index (κ3) is 4.64. The number of rotatable bonds is 6. The average molecular weight is 382 g/mol. The molecule has 3 rings (SSSR count). The highest BCUT2D eigenvalue weighted by molar-refractivity contribution is 6.01. The minimum absolute atomic E-state index is 0.223. The van der Waals surface area contributed by atoms with Crippen molar-refractivity contribution in [3.8, 4) is 0 Å². The van der Waals surface area contributed by atoms with Crippen LogP contribution in [0.3, 0.4) is 0 Å². The van der Waals surface area contributed by atoms with Gasteiger partial charge in [0, 0.05) is 25.0 Å². The number of carbonyl (C=O) groups is 3. The number of carbonyl (C=O) groups excluding carboxylic acids is 3. The normalized spacial score (nSPS) is 13.2. The third-order valence-electron chi connectivity index (χ3n) is 4.32. The number of hydrogen-bond donors (Lipinski definition) is 2. The lowest BCUT2D eigenvalue weighted by Crippen LogP contribution is -2.41. The molecule has 0 spiro atoms. The van der Waals surface area contributed by atoms with E-state index in [9.17, 15) is 14.4 Å². The number of nitrogens with one attached hydrogen (secondary N) is 2. The van der Waals surface area contributed by atoms with E-state index in [-0.39, 0.29) is 6.54 Å². The largest absolute Gasteiger partial charge is 0.452 e. The minimum atomic E-state index is -0.716. The number of urea groups is 1. The molecule has 2 aromatic rings. The first-order chi connectivity index (χ1) is 13.6. The topological polar surface area (TPSA) is 101 Å². The van der Waals surface area contributed by atoms with Crippen LogP contribution >= 0.6 is 0 Å². The Morgan fingerprint density at radius 1 is 1.21 bits per heavy atom. The lowest BCUT2D eigenvalue weighted by Gasteiger charge is -2.20. The number of para-hydroxylation sites is 1. The Morgan fingerprint density at radius 2 is 1.96 bits per heavy atom. The van der Waals surface area contributed by atoms with Crippen LogP contribution in [-0.4, -0.2) is 49.1 Å². The van der Waals surface area contributed by atoms with E-state index in [1.807, 2.05) is 29.2 Å². The summed E-state index contributed by atoms with van der Waals surface area (Å²) < 4.78 is 5.13. The number of pyridine rings is 1. The molecule has 0 aliphatic carbocycles. The van der Waals surface area contributed by atoms with Crippen molar-refractivity contribution >= 4 is 34.6 Å². The molecule has 1 aliphatic rings. The number of fused-ring (bicyclic) bond motifs is 1. The van der Waals surface area contributed by atoms with Crippen LogP contribution in [0.1, 0.15) is 23.2 Å². The first kappa shape index (κ1) is 19.3. The molecular weight excluding hydrogens is 360 g/mol. The van der Waals surface area contributed by atoms with E-state index in [0.29, 0.717) is 11.4 Å². The smallest absolute Gasteiger partial charge is 0.342 e. The summed E-state index contributed by atoms with van der Waals surface area (Å²) in [6.45, 7) is 4.75. The zero-order valence-corrected chi connectivity index (χ0v) is 15.4. The standard InChI is InChI=1S/C20H22N4O4/c1-2-9-21-20(27)23-17(25)13-28-19(26)15-12-14-7-3-4-8-16(14)22-18(15)24-10-5-6-11-24/h2-4,7-8,12H,1,5-6,9-11,13H2,(H2,21,23,25,27). The van der Waals surface area contributed by atoms with Gasteiger partial charge < -0.3 is 15.0 Å². The van der Waals surface area contributed by atoms with E-state index in [2.05, 4.69) is 22.2 Å². The third-order valence-corrected chi connectivity index (χ3v) is 4.32. The van der Waals surface area contributed by atoms with Crippen molar-refractivity contribution in [3.63, 3.8) is 0 Å². The second kappa shape index (κ2) is 8.98. The SMILES string of the molecule is C=CCNC(=O)NC(=O)COC(=O)c1cc2ccccc2nc1N1CCCC1. The molecule has 28 heavy (non-hydrogen) atoms. The number of imide groups is 1. The van der Waals surface area contributed by atoms with E-state index >= 15 is 0 Å². The van der Waals surface area contributed by atoms with Crippen molar-refractivity contribution in [2.24, 2.45) is 0 Å². The van der Waals surface area contributed by atoms with E-state index in [1.54, 1.807) is 6.07 Å². The minimum Gasteiger partial charge on any atom is -0.452 e. The Hall–Kier alpha value is -3.42. The van der Waals surface area contributed by atoms with Crippen LogP contribution in [0.2, 0.25) is 0 Å². The molecule has 1 aliphatic heterocycles. The van der Waals surface area contributed by atoms with Gasteiger partial charge in [0.2, 0.25) is 0 Å². The van der Waals surface area contributed by atoms with Gasteiger partial charge in [0.25, 0.3) is 5.91 Å². The van der Waals surface area contributed by atoms with Gasteiger partial charge in [-0.1, -0.05) is 24.3 Å². The quantitative estimate of drug-likeness (QED) is 0.585. The number of aromatic nitrogens is 1. The highest BCUT2D eigenvalue weighted by Crippen LogP contribution is 2.27. The predicted octanol–water partition coefficient (Wildman–Crippen LogP) is 2.00. The molecule has 1 fully saturated rings. The van der Waals surface area contributed by atoms with Crippen molar-refractivity contribution in [2.45, 2.75) is 12.8 Å². The monoisotopic (exact) mass is 382 g/mol. The maximum atomic E-state index is 12.6. The molecule has 0 radical (unpaired) electrons. The summed E-state index contributed by atoms with van der Waals surface area (Å²) in [5, 5.41) is 5.29. The molecule has 0 bridgehead atoms. The summed E-state index contributed by atoms with van der Waals surface area (Å²) in [7, 11) is 0. The fraction of sp³-hybridized carbons (Fsp3) is 0.300. The highest BCUT2D eigenvalue weighted by Gasteiger charge is 2.23. The molecule has 1 aromatic carbocycles. The van der Waals surface area contributed by atoms with Crippen molar-refractivity contribution in [3.05, 3.63) is 48.6 Å². The van der Waals surface area contributed by atoms with Gasteiger partial charge in [-0.3, -0.25) is 10.1 Å². The number of nitrogens with zero attached hydrogens (tertiary/aromatic N) is 2. The van der Waals surface area contributed by atoms with Crippen molar-refractivity contribution < 1.29 is 19.1 Å². The summed E-state index contributed by atoms with van der Waals surface area (Å²) >= 11 is 0. The number of ether oxygens (including phenoxy) is 1. The lowest BCUT2D eigenvalue weighted by molar-refractivity contribution is -0.123. The maximum Gasteiger partial charge on any atom is 0.342 e. The molecule has 8 nitrogen and oxygen atoms in total. The van der Waals surface area contributed by atoms with Crippen LogP contribution in [-0.2, 0) is 9.53 Å². The van der Waals surface area contributed by atoms with Crippen LogP contribution in [0.15, 0.2) is 43.0 Å². The Labute approximate surface area is 162 Å². The number of benzene rings is 1. The summed E-state index contributed by atoms with van der Waals surface area (Å²) in [4.78, 5) is 42.6. The second-order valence-corrected chi connectivity index (χ2v) is 6.37. The van der Waals surface area contributed by atoms with Gasteiger partial charge in [0.15, 0.2) is 6.61 Å². The fourth-order valence-corrected chi connectivity index (χ4v) is 3.01. The van der Waals surface area contributed by atoms with Crippen LogP contribution < -0.4 is 15.5 Å². The molecule has 146 valence electrons. The van der Waals surface area contributed by atoms with E-state index in [4.69, 9.17) is 4.74 Å². The van der Waals surface area contributed by atoms with Gasteiger partial charge in [-0.2, -0.15) is 0 Å². The maximum absolute atomic E-state index is 12.6. The van der Waals surface area contributed by atoms with Crippen LogP contribution in [0.5, 0.6) is 0 Å². The Morgan fingerprint density at radius 3 is 2.71 bits per heavy atom. The Bertz CT molecular complexity index is 906. The average Bonchev–Trinajstić information content (AvgIpc) is 3.24. The zero-order valence-electron chi connectivity index (χ0n) is 15.4. The summed E-state index contributed by atoms with van der Waals surface area (Å²) in [6.07, 6.45) is 3.55. The fourth-order valence-electron chi connectivity index (χ4n) is 3.01. The Kier molecular flexibility index (Phi) is 6.21. The zero-order chi connectivity index (χ0) is 19.9. The summed E-state index contributed by atoms with van der Waals surface area (Å²) in [6, 6.07) is 8.56. The molecule has 2 heterocycles. The number of esters is 1. The van der Waals surface area contributed by atoms with Crippen LogP contribution in [0.4, 0.5) is 10.6 Å². The van der Waals surface area contributed by atoms with Crippen molar-refractivity contribution in [1.82, 2.24) is 15.6 Å². The van der Waals surface area contributed by atoms with Gasteiger partial charge in [-0.25, -0.2) is 14.6 Å². The molecule has 0 saturated carbocycles. The Balaban J connectivity index is 1.73. The van der Waals surface area contributed by atoms with Gasteiger partial charge in [-0.15, -0.1) is 6.58 Å². The predicted molar refractivity (Wildman–Crippen MR) is 105 cm³/mol. The lowest BCUT2D eigenvalue weighted by atomic mass is 10.1. The van der Waals surface area contributed by atoms with E-state index in [1.165, 1.54) is 6.08 Å². The summed E-state index contributed by atoms with van der Waals surface area (Å²) in [5.41, 5.74) is 1.10. The number of hydrogen-bond acceptors (Lipinski definition) is 6. The van der Waals surface area contributed by atoms with E-state index < -0.39 is 24.5 Å². The molecule has 2 N–H and O–H groups in total. The highest BCUT2D eigenvalue weighted by atomic mass is 16.5. The van der Waals surface area contributed by atoms with Crippen molar-refractivity contribution in [2.75, 3.05) is 31.1 Å². The van der Waals surface area contributed by atoms with Crippen LogP contribution in [0, 0.1) is 0 Å². The number of anilines is 1. The van der Waals surface area contributed by atoms with Gasteiger partial charge in [-0.05, 0) is 25.0 Å². The molecular formula is C20H22N4O4. The molecule has 3 amide bonds. The summed E-state index contributed by atoms with van der Waals surface area (Å²) in [5.74, 6) is -0.807. The number of amides is 3. The van der Waals surface area contributed by atoms with Crippen LogP contribution in [0.25, 0.3) is 10.9 Å². The molecule has 1 aromatic heterocycles. The molecule has 0 atom stereocenters. The van der Waals surface area contributed by atoms with Gasteiger partial charge in [0.1, 0.15) is 11.4 Å².